The van der Waals surface area contributed by atoms with Crippen LogP contribution in [0.2, 0.25) is 0 Å². The van der Waals surface area contributed by atoms with Crippen molar-refractivity contribution in [2.24, 2.45) is 0 Å². The Kier molecular flexibility index (Phi) is 3.36. The van der Waals surface area contributed by atoms with Crippen LogP contribution in [0.5, 0.6) is 0 Å². The maximum atomic E-state index is 6.28. The molecule has 0 unspecified atom stereocenters. The van der Waals surface area contributed by atoms with Crippen LogP contribution in [0.25, 0.3) is 43.8 Å². The second-order valence-electron chi connectivity index (χ2n) is 7.26. The highest BCUT2D eigenvalue weighted by Crippen LogP contribution is 2.39. The van der Waals surface area contributed by atoms with E-state index in [-0.39, 0.29) is 0 Å². The molecule has 1 heterocycles. The average molecular weight is 336 g/mol. The van der Waals surface area contributed by atoms with Gasteiger partial charge in [0, 0.05) is 16.3 Å². The summed E-state index contributed by atoms with van der Waals surface area (Å²) >= 11 is 0. The van der Waals surface area contributed by atoms with Gasteiger partial charge in [-0.1, -0.05) is 68.4 Å². The molecule has 0 atom stereocenters. The molecule has 0 saturated heterocycles. The molecule has 126 valence electrons. The summed E-state index contributed by atoms with van der Waals surface area (Å²) in [5.74, 6) is 0.465. The first-order chi connectivity index (χ1) is 12.7. The molecule has 1 aromatic heterocycles. The molecule has 0 aliphatic rings. The Labute approximate surface area is 152 Å². The van der Waals surface area contributed by atoms with Gasteiger partial charge in [0.15, 0.2) is 0 Å². The lowest BCUT2D eigenvalue weighted by molar-refractivity contribution is 0.669. The number of furan rings is 1. The third kappa shape index (κ3) is 2.32. The fraction of sp³-hybridized carbons (Fsp3) is 0.120. The molecule has 0 aliphatic heterocycles. The van der Waals surface area contributed by atoms with Crippen molar-refractivity contribution in [1.29, 1.82) is 0 Å². The Morgan fingerprint density at radius 2 is 1.46 bits per heavy atom. The number of benzene rings is 4. The monoisotopic (exact) mass is 336 g/mol. The molecular formula is C25H20O. The second-order valence-corrected chi connectivity index (χ2v) is 7.26. The van der Waals surface area contributed by atoms with Crippen LogP contribution >= 0.6 is 0 Å². The van der Waals surface area contributed by atoms with Crippen molar-refractivity contribution in [2.75, 3.05) is 0 Å². The molecule has 0 fully saturated rings. The van der Waals surface area contributed by atoms with Gasteiger partial charge in [0.1, 0.15) is 11.2 Å². The van der Waals surface area contributed by atoms with Crippen LogP contribution in [-0.2, 0) is 0 Å². The van der Waals surface area contributed by atoms with E-state index < -0.39 is 0 Å². The molecule has 0 aliphatic carbocycles. The van der Waals surface area contributed by atoms with Crippen molar-refractivity contribution in [3.05, 3.63) is 84.4 Å². The van der Waals surface area contributed by atoms with E-state index in [2.05, 4.69) is 86.6 Å². The summed E-state index contributed by atoms with van der Waals surface area (Å²) in [6.07, 6.45) is 0. The minimum absolute atomic E-state index is 0.465. The summed E-state index contributed by atoms with van der Waals surface area (Å²) in [6.45, 7) is 4.49. The quantitative estimate of drug-likeness (QED) is 0.325. The van der Waals surface area contributed by atoms with Gasteiger partial charge in [-0.15, -0.1) is 0 Å². The van der Waals surface area contributed by atoms with Gasteiger partial charge in [0.05, 0.1) is 0 Å². The third-order valence-electron chi connectivity index (χ3n) is 5.23. The molecule has 0 N–H and O–H groups in total. The van der Waals surface area contributed by atoms with Gasteiger partial charge in [-0.25, -0.2) is 0 Å². The minimum Gasteiger partial charge on any atom is -0.455 e. The minimum atomic E-state index is 0.465. The Balaban J connectivity index is 1.87. The molecule has 1 nitrogen and oxygen atoms in total. The molecule has 26 heavy (non-hydrogen) atoms. The molecule has 1 heteroatoms. The van der Waals surface area contributed by atoms with Crippen LogP contribution in [-0.4, -0.2) is 0 Å². The molecule has 0 radical (unpaired) electrons. The van der Waals surface area contributed by atoms with Gasteiger partial charge in [0.2, 0.25) is 0 Å². The summed E-state index contributed by atoms with van der Waals surface area (Å²) in [5.41, 5.74) is 5.65. The highest BCUT2D eigenvalue weighted by Gasteiger charge is 2.15. The maximum Gasteiger partial charge on any atom is 0.143 e. The van der Waals surface area contributed by atoms with Gasteiger partial charge in [0.25, 0.3) is 0 Å². The van der Waals surface area contributed by atoms with Crippen molar-refractivity contribution >= 4 is 32.7 Å². The fourth-order valence-corrected chi connectivity index (χ4v) is 3.75. The molecule has 0 saturated carbocycles. The largest absolute Gasteiger partial charge is 0.455 e. The van der Waals surface area contributed by atoms with Gasteiger partial charge in [-0.3, -0.25) is 0 Å². The number of para-hydroxylation sites is 1. The van der Waals surface area contributed by atoms with Crippen LogP contribution in [0.1, 0.15) is 25.3 Å². The molecular weight excluding hydrogens is 316 g/mol. The normalized spacial score (nSPS) is 11.8. The maximum absolute atomic E-state index is 6.28. The van der Waals surface area contributed by atoms with Gasteiger partial charge in [-0.2, -0.15) is 0 Å². The zero-order valence-electron chi connectivity index (χ0n) is 15.0. The van der Waals surface area contributed by atoms with E-state index in [4.69, 9.17) is 4.42 Å². The molecule has 0 amide bonds. The second kappa shape index (κ2) is 5.74. The fourth-order valence-electron chi connectivity index (χ4n) is 3.75. The summed E-state index contributed by atoms with van der Waals surface area (Å²) in [5, 5.41) is 4.91. The van der Waals surface area contributed by atoms with E-state index in [0.717, 1.165) is 11.2 Å². The first-order valence-corrected chi connectivity index (χ1v) is 9.15. The SMILES string of the molecule is CC(C)c1cc(-c2ccc3ccccc3c2)c2oc3ccccc3c2c1. The lowest BCUT2D eigenvalue weighted by Gasteiger charge is -2.11. The van der Waals surface area contributed by atoms with Crippen molar-refractivity contribution in [3.63, 3.8) is 0 Å². The van der Waals surface area contributed by atoms with Crippen molar-refractivity contribution in [1.82, 2.24) is 0 Å². The van der Waals surface area contributed by atoms with Crippen molar-refractivity contribution in [2.45, 2.75) is 19.8 Å². The smallest absolute Gasteiger partial charge is 0.143 e. The summed E-state index contributed by atoms with van der Waals surface area (Å²) < 4.78 is 6.28. The van der Waals surface area contributed by atoms with Crippen LogP contribution in [0, 0.1) is 0 Å². The number of hydrogen-bond acceptors (Lipinski definition) is 1. The van der Waals surface area contributed by atoms with Gasteiger partial charge >= 0.3 is 0 Å². The van der Waals surface area contributed by atoms with Crippen molar-refractivity contribution < 1.29 is 4.42 Å². The van der Waals surface area contributed by atoms with Crippen LogP contribution in [0.3, 0.4) is 0 Å². The zero-order chi connectivity index (χ0) is 17.7. The van der Waals surface area contributed by atoms with Gasteiger partial charge < -0.3 is 4.42 Å². The predicted octanol–water partition coefficient (Wildman–Crippen LogP) is 7.53. The van der Waals surface area contributed by atoms with E-state index in [1.807, 2.05) is 6.07 Å². The number of hydrogen-bond donors (Lipinski definition) is 0. The molecule has 4 aromatic carbocycles. The first kappa shape index (κ1) is 15.2. The molecule has 5 rings (SSSR count). The molecule has 5 aromatic rings. The first-order valence-electron chi connectivity index (χ1n) is 9.15. The van der Waals surface area contributed by atoms with E-state index in [1.54, 1.807) is 0 Å². The van der Waals surface area contributed by atoms with E-state index >= 15 is 0 Å². The van der Waals surface area contributed by atoms with Crippen LogP contribution in [0.15, 0.2) is 83.3 Å². The predicted molar refractivity (Wildman–Crippen MR) is 111 cm³/mol. The number of rotatable bonds is 2. The number of fused-ring (bicyclic) bond motifs is 4. The zero-order valence-corrected chi connectivity index (χ0v) is 15.0. The molecule has 0 spiro atoms. The van der Waals surface area contributed by atoms with E-state index in [0.29, 0.717) is 5.92 Å². The Morgan fingerprint density at radius 3 is 2.31 bits per heavy atom. The lowest BCUT2D eigenvalue weighted by atomic mass is 9.93. The van der Waals surface area contributed by atoms with Crippen LogP contribution in [0.4, 0.5) is 0 Å². The topological polar surface area (TPSA) is 13.1 Å². The van der Waals surface area contributed by atoms with Gasteiger partial charge in [-0.05, 0) is 52.1 Å². The lowest BCUT2D eigenvalue weighted by Crippen LogP contribution is -1.89. The van der Waals surface area contributed by atoms with E-state index in [9.17, 15) is 0 Å². The van der Waals surface area contributed by atoms with Crippen molar-refractivity contribution in [3.8, 4) is 11.1 Å². The Morgan fingerprint density at radius 1 is 0.692 bits per heavy atom. The highest BCUT2D eigenvalue weighted by molar-refractivity contribution is 6.10. The Bertz CT molecular complexity index is 1260. The highest BCUT2D eigenvalue weighted by atomic mass is 16.3. The average Bonchev–Trinajstić information content (AvgIpc) is 3.05. The standard InChI is InChI=1S/C25H20O/c1-16(2)20-14-22(19-12-11-17-7-3-4-8-18(17)13-19)25-23(15-20)21-9-5-6-10-24(21)26-25/h3-16H,1-2H3. The Hall–Kier alpha value is -3.06. The third-order valence-corrected chi connectivity index (χ3v) is 5.23. The summed E-state index contributed by atoms with van der Waals surface area (Å²) in [6, 6.07) is 28.0. The summed E-state index contributed by atoms with van der Waals surface area (Å²) in [4.78, 5) is 0. The van der Waals surface area contributed by atoms with Crippen LogP contribution < -0.4 is 0 Å². The molecule has 0 bridgehead atoms. The summed E-state index contributed by atoms with van der Waals surface area (Å²) in [7, 11) is 0. The van der Waals surface area contributed by atoms with E-state index in [1.165, 1.54) is 38.2 Å².